The molecule has 0 amide bonds. The van der Waals surface area contributed by atoms with Crippen LogP contribution in [0.15, 0.2) is 30.4 Å². The van der Waals surface area contributed by atoms with E-state index in [9.17, 15) is 4.79 Å². The lowest BCUT2D eigenvalue weighted by Gasteiger charge is -2.12. The number of unbranched alkanes of at least 4 members (excludes halogenated alkanes) is 1. The van der Waals surface area contributed by atoms with Crippen LogP contribution in [0.2, 0.25) is 0 Å². The molecule has 0 unspecified atom stereocenters. The Bertz CT molecular complexity index is 450. The molecule has 3 heteroatoms. The first kappa shape index (κ1) is 16.3. The van der Waals surface area contributed by atoms with Gasteiger partial charge in [-0.2, -0.15) is 0 Å². The molecule has 0 aliphatic heterocycles. The Labute approximate surface area is 121 Å². The second kappa shape index (κ2) is 9.18. The maximum Gasteiger partial charge on any atom is 0.309 e. The largest absolute Gasteiger partial charge is 0.493 e. The minimum Gasteiger partial charge on any atom is -0.493 e. The minimum atomic E-state index is -0.227. The molecule has 1 rings (SSSR count). The van der Waals surface area contributed by atoms with Gasteiger partial charge in [-0.15, -0.1) is 0 Å². The second-order valence-corrected chi connectivity index (χ2v) is 4.66. The third kappa shape index (κ3) is 5.47. The summed E-state index contributed by atoms with van der Waals surface area (Å²) in [6.45, 7) is 4.80. The first-order chi connectivity index (χ1) is 9.69. The number of allylic oxidation sites excluding steroid dienone is 2. The van der Waals surface area contributed by atoms with E-state index in [2.05, 4.69) is 19.1 Å². The van der Waals surface area contributed by atoms with Gasteiger partial charge < -0.3 is 9.47 Å². The SMILES string of the molecule is CC/C=C\CCCOc1cccc(CC(=O)OC)c1C. The summed E-state index contributed by atoms with van der Waals surface area (Å²) in [6.07, 6.45) is 7.76. The molecule has 0 saturated carbocycles. The second-order valence-electron chi connectivity index (χ2n) is 4.66. The van der Waals surface area contributed by atoms with E-state index in [0.29, 0.717) is 13.0 Å². The summed E-state index contributed by atoms with van der Waals surface area (Å²) in [5.41, 5.74) is 1.97. The van der Waals surface area contributed by atoms with Gasteiger partial charge in [-0.1, -0.05) is 31.2 Å². The molecule has 1 aromatic carbocycles. The molecule has 0 aliphatic carbocycles. The summed E-state index contributed by atoms with van der Waals surface area (Å²) in [6, 6.07) is 5.79. The molecule has 0 fully saturated rings. The van der Waals surface area contributed by atoms with Crippen molar-refractivity contribution in [3.63, 3.8) is 0 Å². The standard InChI is InChI=1S/C17H24O3/c1-4-5-6-7-8-12-20-16-11-9-10-15(14(16)2)13-17(18)19-3/h5-6,9-11H,4,7-8,12-13H2,1-3H3/b6-5-. The quantitative estimate of drug-likeness (QED) is 0.411. The first-order valence-corrected chi connectivity index (χ1v) is 7.12. The van der Waals surface area contributed by atoms with Gasteiger partial charge in [0.15, 0.2) is 0 Å². The molecule has 0 atom stereocenters. The zero-order valence-corrected chi connectivity index (χ0v) is 12.6. The summed E-state index contributed by atoms with van der Waals surface area (Å²) in [4.78, 5) is 11.3. The lowest BCUT2D eigenvalue weighted by Crippen LogP contribution is -2.07. The Morgan fingerprint density at radius 1 is 1.30 bits per heavy atom. The molecule has 0 heterocycles. The van der Waals surface area contributed by atoms with E-state index in [1.807, 2.05) is 25.1 Å². The van der Waals surface area contributed by atoms with E-state index in [0.717, 1.165) is 36.1 Å². The highest BCUT2D eigenvalue weighted by Crippen LogP contribution is 2.22. The molecule has 0 N–H and O–H groups in total. The van der Waals surface area contributed by atoms with E-state index < -0.39 is 0 Å². The molecule has 0 radical (unpaired) electrons. The summed E-state index contributed by atoms with van der Waals surface area (Å²) in [5, 5.41) is 0. The van der Waals surface area contributed by atoms with Crippen molar-refractivity contribution in [2.45, 2.75) is 39.5 Å². The van der Waals surface area contributed by atoms with Crippen LogP contribution >= 0.6 is 0 Å². The Kier molecular flexibility index (Phi) is 7.48. The number of benzene rings is 1. The van der Waals surface area contributed by atoms with Crippen molar-refractivity contribution in [2.24, 2.45) is 0 Å². The Hall–Kier alpha value is -1.77. The van der Waals surface area contributed by atoms with Gasteiger partial charge in [-0.3, -0.25) is 4.79 Å². The van der Waals surface area contributed by atoms with Gasteiger partial charge in [-0.25, -0.2) is 0 Å². The molecule has 0 saturated heterocycles. The minimum absolute atomic E-state index is 0.227. The predicted molar refractivity (Wildman–Crippen MR) is 81.1 cm³/mol. The van der Waals surface area contributed by atoms with Crippen molar-refractivity contribution >= 4 is 5.97 Å². The van der Waals surface area contributed by atoms with Crippen molar-refractivity contribution in [1.82, 2.24) is 0 Å². The van der Waals surface area contributed by atoms with E-state index >= 15 is 0 Å². The van der Waals surface area contributed by atoms with Gasteiger partial charge in [0.2, 0.25) is 0 Å². The average molecular weight is 276 g/mol. The fourth-order valence-corrected chi connectivity index (χ4v) is 1.90. The monoisotopic (exact) mass is 276 g/mol. The third-order valence-corrected chi connectivity index (χ3v) is 3.13. The van der Waals surface area contributed by atoms with Gasteiger partial charge in [-0.05, 0) is 43.4 Å². The van der Waals surface area contributed by atoms with Crippen molar-refractivity contribution in [2.75, 3.05) is 13.7 Å². The van der Waals surface area contributed by atoms with E-state index in [-0.39, 0.29) is 5.97 Å². The van der Waals surface area contributed by atoms with Crippen molar-refractivity contribution < 1.29 is 14.3 Å². The van der Waals surface area contributed by atoms with Crippen LogP contribution in [0.25, 0.3) is 0 Å². The van der Waals surface area contributed by atoms with E-state index in [1.54, 1.807) is 0 Å². The zero-order valence-electron chi connectivity index (χ0n) is 12.6. The van der Waals surface area contributed by atoms with Crippen LogP contribution in [-0.2, 0) is 16.0 Å². The summed E-state index contributed by atoms with van der Waals surface area (Å²) < 4.78 is 10.5. The molecule has 0 bridgehead atoms. The smallest absolute Gasteiger partial charge is 0.309 e. The van der Waals surface area contributed by atoms with Crippen molar-refractivity contribution in [1.29, 1.82) is 0 Å². The fraction of sp³-hybridized carbons (Fsp3) is 0.471. The van der Waals surface area contributed by atoms with E-state index in [4.69, 9.17) is 9.47 Å². The number of carbonyl (C=O) groups excluding carboxylic acids is 1. The summed E-state index contributed by atoms with van der Waals surface area (Å²) in [5.74, 6) is 0.626. The van der Waals surface area contributed by atoms with Gasteiger partial charge in [0.1, 0.15) is 5.75 Å². The number of rotatable bonds is 8. The lowest BCUT2D eigenvalue weighted by molar-refractivity contribution is -0.139. The topological polar surface area (TPSA) is 35.5 Å². The molecule has 0 spiro atoms. The maximum atomic E-state index is 11.3. The number of hydrogen-bond donors (Lipinski definition) is 0. The van der Waals surface area contributed by atoms with Crippen LogP contribution in [0.3, 0.4) is 0 Å². The molecule has 20 heavy (non-hydrogen) atoms. The van der Waals surface area contributed by atoms with Crippen LogP contribution in [0.4, 0.5) is 0 Å². The zero-order chi connectivity index (χ0) is 14.8. The molecule has 110 valence electrons. The summed E-state index contributed by atoms with van der Waals surface area (Å²) >= 11 is 0. The van der Waals surface area contributed by atoms with Crippen molar-refractivity contribution in [3.8, 4) is 5.75 Å². The lowest BCUT2D eigenvalue weighted by atomic mass is 10.1. The summed E-state index contributed by atoms with van der Waals surface area (Å²) in [7, 11) is 1.40. The van der Waals surface area contributed by atoms with Crippen LogP contribution in [-0.4, -0.2) is 19.7 Å². The number of methoxy groups -OCH3 is 1. The van der Waals surface area contributed by atoms with Crippen LogP contribution in [0.1, 0.15) is 37.3 Å². The molecule has 1 aromatic rings. The number of esters is 1. The maximum absolute atomic E-state index is 11.3. The highest BCUT2D eigenvalue weighted by Gasteiger charge is 2.09. The molecule has 3 nitrogen and oxygen atoms in total. The first-order valence-electron chi connectivity index (χ1n) is 7.12. The predicted octanol–water partition coefficient (Wildman–Crippen LogP) is 3.84. The normalized spacial score (nSPS) is 10.8. The highest BCUT2D eigenvalue weighted by atomic mass is 16.5. The number of hydrogen-bond acceptors (Lipinski definition) is 3. The number of carbonyl (C=O) groups is 1. The van der Waals surface area contributed by atoms with Gasteiger partial charge in [0.05, 0.1) is 20.1 Å². The number of ether oxygens (including phenoxy) is 2. The molecule has 0 aliphatic rings. The van der Waals surface area contributed by atoms with Gasteiger partial charge >= 0.3 is 5.97 Å². The van der Waals surface area contributed by atoms with Crippen LogP contribution in [0, 0.1) is 6.92 Å². The van der Waals surface area contributed by atoms with E-state index in [1.165, 1.54) is 7.11 Å². The van der Waals surface area contributed by atoms with Gasteiger partial charge in [0.25, 0.3) is 0 Å². The van der Waals surface area contributed by atoms with Crippen LogP contribution in [0.5, 0.6) is 5.75 Å². The fourth-order valence-electron chi connectivity index (χ4n) is 1.90. The molecular weight excluding hydrogens is 252 g/mol. The van der Waals surface area contributed by atoms with Crippen LogP contribution < -0.4 is 4.74 Å². The third-order valence-electron chi connectivity index (χ3n) is 3.13. The molecule has 0 aromatic heterocycles. The Morgan fingerprint density at radius 3 is 2.80 bits per heavy atom. The van der Waals surface area contributed by atoms with Crippen molar-refractivity contribution in [3.05, 3.63) is 41.5 Å². The van der Waals surface area contributed by atoms with Gasteiger partial charge in [0, 0.05) is 0 Å². The Morgan fingerprint density at radius 2 is 2.10 bits per heavy atom. The highest BCUT2D eigenvalue weighted by molar-refractivity contribution is 5.73. The Balaban J connectivity index is 2.51. The average Bonchev–Trinajstić information content (AvgIpc) is 2.46. The molecular formula is C17H24O3.